The lowest BCUT2D eigenvalue weighted by Gasteiger charge is -2.33. The number of aromatic nitrogens is 1. The standard InChI is InChI=1S/C19H23Cl2N3O3S/c1-13-10-16(14(2)22(13)3)18(25)12-23-6-8-24(9-7-23)28(26,27)19-11-15(20)4-5-17(19)21/h4-5,10-11H,6-9,12H2,1-3H3. The molecule has 6 nitrogen and oxygen atoms in total. The van der Waals surface area contributed by atoms with E-state index in [1.807, 2.05) is 36.4 Å². The molecule has 1 aliphatic heterocycles. The summed E-state index contributed by atoms with van der Waals surface area (Å²) in [6, 6.07) is 6.31. The van der Waals surface area contributed by atoms with Gasteiger partial charge in [0.05, 0.1) is 11.6 Å². The second-order valence-corrected chi connectivity index (χ2v) is 9.77. The lowest BCUT2D eigenvalue weighted by atomic mass is 10.1. The van der Waals surface area contributed by atoms with Crippen molar-refractivity contribution in [3.8, 4) is 0 Å². The maximum absolute atomic E-state index is 12.9. The Kier molecular flexibility index (Phi) is 6.22. The van der Waals surface area contributed by atoms with Crippen molar-refractivity contribution in [3.05, 3.63) is 51.3 Å². The molecule has 0 bridgehead atoms. The Morgan fingerprint density at radius 2 is 1.71 bits per heavy atom. The van der Waals surface area contributed by atoms with Crippen LogP contribution in [0.1, 0.15) is 21.7 Å². The number of halogens is 2. The van der Waals surface area contributed by atoms with E-state index in [0.29, 0.717) is 31.2 Å². The van der Waals surface area contributed by atoms with Crippen LogP contribution in [0.2, 0.25) is 10.0 Å². The summed E-state index contributed by atoms with van der Waals surface area (Å²) in [7, 11) is -1.79. The molecule has 3 rings (SSSR count). The Morgan fingerprint density at radius 1 is 1.07 bits per heavy atom. The lowest BCUT2D eigenvalue weighted by molar-refractivity contribution is 0.0901. The Morgan fingerprint density at radius 3 is 2.29 bits per heavy atom. The monoisotopic (exact) mass is 443 g/mol. The fourth-order valence-electron chi connectivity index (χ4n) is 3.37. The molecule has 152 valence electrons. The zero-order chi connectivity index (χ0) is 20.6. The number of hydrogen-bond donors (Lipinski definition) is 0. The van der Waals surface area contributed by atoms with Crippen molar-refractivity contribution in [1.29, 1.82) is 0 Å². The molecule has 0 N–H and O–H groups in total. The summed E-state index contributed by atoms with van der Waals surface area (Å²) >= 11 is 12.0. The molecule has 1 aromatic heterocycles. The third-order valence-corrected chi connectivity index (χ3v) is 7.90. The van der Waals surface area contributed by atoms with E-state index >= 15 is 0 Å². The van der Waals surface area contributed by atoms with Gasteiger partial charge in [-0.15, -0.1) is 0 Å². The third kappa shape index (κ3) is 4.14. The van der Waals surface area contributed by atoms with Gasteiger partial charge < -0.3 is 4.57 Å². The Balaban J connectivity index is 1.66. The molecule has 1 aromatic carbocycles. The van der Waals surface area contributed by atoms with Crippen molar-refractivity contribution >= 4 is 39.0 Å². The van der Waals surface area contributed by atoms with Gasteiger partial charge in [0.1, 0.15) is 4.90 Å². The van der Waals surface area contributed by atoms with Gasteiger partial charge in [-0.25, -0.2) is 8.42 Å². The second-order valence-electron chi connectivity index (χ2n) is 7.02. The number of benzene rings is 1. The number of ketones is 1. The van der Waals surface area contributed by atoms with Gasteiger partial charge in [0.15, 0.2) is 5.78 Å². The first-order valence-electron chi connectivity index (χ1n) is 8.95. The first-order chi connectivity index (χ1) is 13.1. The summed E-state index contributed by atoms with van der Waals surface area (Å²) in [6.07, 6.45) is 0. The van der Waals surface area contributed by atoms with E-state index in [2.05, 4.69) is 0 Å². The minimum Gasteiger partial charge on any atom is -0.351 e. The quantitative estimate of drug-likeness (QED) is 0.665. The fourth-order valence-corrected chi connectivity index (χ4v) is 5.53. The van der Waals surface area contributed by atoms with Gasteiger partial charge in [0.25, 0.3) is 0 Å². The van der Waals surface area contributed by atoms with Gasteiger partial charge >= 0.3 is 0 Å². The summed E-state index contributed by atoms with van der Waals surface area (Å²) in [5.41, 5.74) is 2.70. The van der Waals surface area contributed by atoms with Crippen molar-refractivity contribution in [2.45, 2.75) is 18.7 Å². The molecule has 2 heterocycles. The number of sulfonamides is 1. The van der Waals surface area contributed by atoms with Crippen LogP contribution in [-0.2, 0) is 17.1 Å². The average molecular weight is 444 g/mol. The Bertz CT molecular complexity index is 1010. The normalized spacial score (nSPS) is 16.5. The highest BCUT2D eigenvalue weighted by molar-refractivity contribution is 7.89. The van der Waals surface area contributed by atoms with Crippen molar-refractivity contribution in [2.24, 2.45) is 7.05 Å². The lowest BCUT2D eigenvalue weighted by Crippen LogP contribution is -2.49. The van der Waals surface area contributed by atoms with E-state index in [1.54, 1.807) is 6.07 Å². The average Bonchev–Trinajstić information content (AvgIpc) is 2.91. The van der Waals surface area contributed by atoms with E-state index in [-0.39, 0.29) is 22.2 Å². The van der Waals surface area contributed by atoms with E-state index in [4.69, 9.17) is 23.2 Å². The van der Waals surface area contributed by atoms with Crippen LogP contribution in [0, 0.1) is 13.8 Å². The molecule has 0 atom stereocenters. The summed E-state index contributed by atoms with van der Waals surface area (Å²) in [5, 5.41) is 0.470. The Hall–Kier alpha value is -1.38. The van der Waals surface area contributed by atoms with Crippen molar-refractivity contribution in [3.63, 3.8) is 0 Å². The zero-order valence-electron chi connectivity index (χ0n) is 16.1. The van der Waals surface area contributed by atoms with E-state index in [1.165, 1.54) is 16.4 Å². The van der Waals surface area contributed by atoms with Crippen LogP contribution < -0.4 is 0 Å². The number of hydrogen-bond acceptors (Lipinski definition) is 4. The molecule has 0 amide bonds. The molecule has 0 spiro atoms. The topological polar surface area (TPSA) is 62.6 Å². The molecular weight excluding hydrogens is 421 g/mol. The van der Waals surface area contributed by atoms with Gasteiger partial charge in [-0.3, -0.25) is 9.69 Å². The summed E-state index contributed by atoms with van der Waals surface area (Å²) in [4.78, 5) is 14.7. The number of nitrogens with zero attached hydrogens (tertiary/aromatic N) is 3. The maximum atomic E-state index is 12.9. The molecule has 1 saturated heterocycles. The highest BCUT2D eigenvalue weighted by atomic mass is 35.5. The fraction of sp³-hybridized carbons (Fsp3) is 0.421. The largest absolute Gasteiger partial charge is 0.351 e. The van der Waals surface area contributed by atoms with Crippen LogP contribution in [0.3, 0.4) is 0 Å². The van der Waals surface area contributed by atoms with Crippen LogP contribution in [0.15, 0.2) is 29.2 Å². The minimum absolute atomic E-state index is 0.0154. The number of carbonyl (C=O) groups excluding carboxylic acids is 1. The van der Waals surface area contributed by atoms with Crippen molar-refractivity contribution < 1.29 is 13.2 Å². The molecule has 28 heavy (non-hydrogen) atoms. The molecule has 0 saturated carbocycles. The number of piperazine rings is 1. The number of aryl methyl sites for hydroxylation is 1. The van der Waals surface area contributed by atoms with E-state index in [9.17, 15) is 13.2 Å². The summed E-state index contributed by atoms with van der Waals surface area (Å²) in [5.74, 6) is 0.0513. The summed E-state index contributed by atoms with van der Waals surface area (Å²) < 4.78 is 29.2. The molecule has 0 aliphatic carbocycles. The highest BCUT2D eigenvalue weighted by Crippen LogP contribution is 2.28. The Labute approximate surface area is 175 Å². The number of Topliss-reactive ketones (excluding diaryl/α,β-unsaturated/α-hetero) is 1. The van der Waals surface area contributed by atoms with Gasteiger partial charge in [-0.1, -0.05) is 23.2 Å². The highest BCUT2D eigenvalue weighted by Gasteiger charge is 2.31. The third-order valence-electron chi connectivity index (χ3n) is 5.29. The molecule has 0 unspecified atom stereocenters. The van der Waals surface area contributed by atoms with E-state index in [0.717, 1.165) is 17.0 Å². The predicted molar refractivity (Wildman–Crippen MR) is 111 cm³/mol. The first kappa shape index (κ1) is 21.3. The van der Waals surface area contributed by atoms with Crippen LogP contribution in [0.25, 0.3) is 0 Å². The van der Waals surface area contributed by atoms with Crippen LogP contribution in [0.4, 0.5) is 0 Å². The maximum Gasteiger partial charge on any atom is 0.244 e. The zero-order valence-corrected chi connectivity index (χ0v) is 18.4. The van der Waals surface area contributed by atoms with Gasteiger partial charge in [0, 0.05) is 55.2 Å². The molecular formula is C19H23Cl2N3O3S. The van der Waals surface area contributed by atoms with Gasteiger partial charge in [0.2, 0.25) is 10.0 Å². The molecule has 2 aromatic rings. The molecule has 9 heteroatoms. The smallest absolute Gasteiger partial charge is 0.244 e. The first-order valence-corrected chi connectivity index (χ1v) is 11.1. The predicted octanol–water partition coefficient (Wildman–Crippen LogP) is 3.14. The molecule has 0 radical (unpaired) electrons. The van der Waals surface area contributed by atoms with Gasteiger partial charge in [-0.05, 0) is 38.1 Å². The number of carbonyl (C=O) groups is 1. The van der Waals surface area contributed by atoms with Crippen LogP contribution in [-0.4, -0.2) is 60.7 Å². The minimum atomic E-state index is -3.73. The molecule has 1 fully saturated rings. The van der Waals surface area contributed by atoms with Crippen molar-refractivity contribution in [2.75, 3.05) is 32.7 Å². The molecule has 1 aliphatic rings. The summed E-state index contributed by atoms with van der Waals surface area (Å²) in [6.45, 7) is 5.72. The SMILES string of the molecule is Cc1cc(C(=O)CN2CCN(S(=O)(=O)c3cc(Cl)ccc3Cl)CC2)c(C)n1C. The van der Waals surface area contributed by atoms with Gasteiger partial charge in [-0.2, -0.15) is 4.31 Å². The van der Waals surface area contributed by atoms with Crippen LogP contribution >= 0.6 is 23.2 Å². The van der Waals surface area contributed by atoms with Crippen molar-refractivity contribution in [1.82, 2.24) is 13.8 Å². The van der Waals surface area contributed by atoms with E-state index < -0.39 is 10.0 Å². The number of rotatable bonds is 5. The van der Waals surface area contributed by atoms with Crippen LogP contribution in [0.5, 0.6) is 0 Å². The second kappa shape index (κ2) is 8.16.